The van der Waals surface area contributed by atoms with Gasteiger partial charge in [-0.15, -0.1) is 0 Å². The average Bonchev–Trinajstić information content (AvgIpc) is 2.49. The number of amides is 1. The Balaban J connectivity index is 2.42. The van der Waals surface area contributed by atoms with Gasteiger partial charge < -0.3 is 10.4 Å². The van der Waals surface area contributed by atoms with Gasteiger partial charge in [-0.2, -0.15) is 0 Å². The maximum atomic E-state index is 12.9. The highest BCUT2D eigenvalue weighted by molar-refractivity contribution is 6.42. The minimum absolute atomic E-state index is 0.245. The number of nitrogens with one attached hydrogen (secondary N) is 1. The van der Waals surface area contributed by atoms with E-state index in [1.54, 1.807) is 32.0 Å². The van der Waals surface area contributed by atoms with Crippen molar-refractivity contribution < 1.29 is 14.7 Å². The standard InChI is InChI=1S/C20H21Cl2NO3/c1-11-7-12(2)17(13(8-11)10-20(3,4)19(25)26)18(24)23-14-5-6-15(21)16(22)9-14/h5-9H,10H2,1-4H3,(H,23,24)(H,25,26). The molecule has 0 radical (unpaired) electrons. The predicted octanol–water partition coefficient (Wildman–Crippen LogP) is 5.52. The van der Waals surface area contributed by atoms with E-state index in [-0.39, 0.29) is 12.3 Å². The zero-order valence-electron chi connectivity index (χ0n) is 15.1. The van der Waals surface area contributed by atoms with Crippen molar-refractivity contribution in [1.82, 2.24) is 0 Å². The van der Waals surface area contributed by atoms with Crippen LogP contribution in [0.25, 0.3) is 0 Å². The Morgan fingerprint density at radius 3 is 2.31 bits per heavy atom. The van der Waals surface area contributed by atoms with E-state index in [1.165, 1.54) is 0 Å². The van der Waals surface area contributed by atoms with E-state index in [0.29, 0.717) is 26.9 Å². The number of halogens is 2. The first-order valence-electron chi connectivity index (χ1n) is 8.11. The predicted molar refractivity (Wildman–Crippen MR) is 105 cm³/mol. The Bertz CT molecular complexity index is 876. The fourth-order valence-corrected chi connectivity index (χ4v) is 3.14. The lowest BCUT2D eigenvalue weighted by atomic mass is 9.82. The average molecular weight is 394 g/mol. The normalized spacial score (nSPS) is 11.3. The summed E-state index contributed by atoms with van der Waals surface area (Å²) in [5, 5.41) is 13.0. The van der Waals surface area contributed by atoms with Gasteiger partial charge in [-0.05, 0) is 63.4 Å². The van der Waals surface area contributed by atoms with Gasteiger partial charge in [-0.1, -0.05) is 40.9 Å². The monoisotopic (exact) mass is 393 g/mol. The number of hydrogen-bond acceptors (Lipinski definition) is 2. The third kappa shape index (κ3) is 4.57. The summed E-state index contributed by atoms with van der Waals surface area (Å²) in [5.41, 5.74) is 2.48. The van der Waals surface area contributed by atoms with Crippen LogP contribution in [0.15, 0.2) is 30.3 Å². The summed E-state index contributed by atoms with van der Waals surface area (Å²) in [6, 6.07) is 8.61. The largest absolute Gasteiger partial charge is 0.481 e. The number of aryl methyl sites for hydroxylation is 2. The van der Waals surface area contributed by atoms with Crippen molar-refractivity contribution in [2.45, 2.75) is 34.1 Å². The highest BCUT2D eigenvalue weighted by atomic mass is 35.5. The minimum Gasteiger partial charge on any atom is -0.481 e. The number of carboxylic acid groups (broad SMARTS) is 1. The van der Waals surface area contributed by atoms with Crippen LogP contribution >= 0.6 is 23.2 Å². The molecule has 2 aromatic carbocycles. The maximum Gasteiger partial charge on any atom is 0.309 e. The molecule has 2 N–H and O–H groups in total. The molecule has 0 saturated heterocycles. The second kappa shape index (κ2) is 7.68. The molecule has 0 aliphatic carbocycles. The van der Waals surface area contributed by atoms with Crippen molar-refractivity contribution in [3.05, 3.63) is 62.6 Å². The highest BCUT2D eigenvalue weighted by Crippen LogP contribution is 2.29. The van der Waals surface area contributed by atoms with Crippen LogP contribution in [0.5, 0.6) is 0 Å². The Morgan fingerprint density at radius 1 is 1.08 bits per heavy atom. The lowest BCUT2D eigenvalue weighted by molar-refractivity contribution is -0.146. The number of rotatable bonds is 5. The van der Waals surface area contributed by atoms with Crippen LogP contribution in [0.2, 0.25) is 10.0 Å². The molecule has 0 fully saturated rings. The third-order valence-electron chi connectivity index (χ3n) is 4.18. The number of aliphatic carboxylic acids is 1. The Morgan fingerprint density at radius 2 is 1.73 bits per heavy atom. The maximum absolute atomic E-state index is 12.9. The third-order valence-corrected chi connectivity index (χ3v) is 4.92. The van der Waals surface area contributed by atoms with Crippen LogP contribution in [0, 0.1) is 19.3 Å². The molecule has 2 rings (SSSR count). The van der Waals surface area contributed by atoms with Gasteiger partial charge in [0.25, 0.3) is 5.91 Å². The minimum atomic E-state index is -0.987. The first kappa shape index (κ1) is 20.3. The Kier molecular flexibility index (Phi) is 5.99. The van der Waals surface area contributed by atoms with E-state index >= 15 is 0 Å². The zero-order chi connectivity index (χ0) is 19.6. The summed E-state index contributed by atoms with van der Waals surface area (Å²) >= 11 is 11.9. The van der Waals surface area contributed by atoms with Crippen molar-refractivity contribution >= 4 is 40.8 Å². The second-order valence-electron chi connectivity index (χ2n) is 7.06. The molecule has 0 aliphatic rings. The van der Waals surface area contributed by atoms with Crippen molar-refractivity contribution in [1.29, 1.82) is 0 Å². The summed E-state index contributed by atoms with van der Waals surface area (Å²) in [7, 11) is 0. The second-order valence-corrected chi connectivity index (χ2v) is 7.88. The first-order chi connectivity index (χ1) is 12.0. The van der Waals surface area contributed by atoms with E-state index in [0.717, 1.165) is 11.1 Å². The number of anilines is 1. The molecule has 0 atom stereocenters. The smallest absolute Gasteiger partial charge is 0.309 e. The Hall–Kier alpha value is -2.04. The molecule has 6 heteroatoms. The van der Waals surface area contributed by atoms with Crippen molar-refractivity contribution in [3.8, 4) is 0 Å². The lowest BCUT2D eigenvalue weighted by Gasteiger charge is -2.22. The van der Waals surface area contributed by atoms with Gasteiger partial charge in [0.05, 0.1) is 15.5 Å². The lowest BCUT2D eigenvalue weighted by Crippen LogP contribution is -2.28. The van der Waals surface area contributed by atoms with E-state index in [4.69, 9.17) is 23.2 Å². The molecular formula is C20H21Cl2NO3. The van der Waals surface area contributed by atoms with E-state index in [2.05, 4.69) is 5.32 Å². The molecule has 0 heterocycles. The van der Waals surface area contributed by atoms with Gasteiger partial charge >= 0.3 is 5.97 Å². The van der Waals surface area contributed by atoms with E-state index in [9.17, 15) is 14.7 Å². The first-order valence-corrected chi connectivity index (χ1v) is 8.87. The van der Waals surface area contributed by atoms with Crippen LogP contribution in [0.1, 0.15) is 40.9 Å². The van der Waals surface area contributed by atoms with Crippen molar-refractivity contribution in [2.24, 2.45) is 5.41 Å². The fraction of sp³-hybridized carbons (Fsp3) is 0.300. The van der Waals surface area contributed by atoms with E-state index < -0.39 is 11.4 Å². The molecule has 2 aromatic rings. The SMILES string of the molecule is Cc1cc(C)c(C(=O)Nc2ccc(Cl)c(Cl)c2)c(CC(C)(C)C(=O)O)c1. The van der Waals surface area contributed by atoms with Crippen molar-refractivity contribution in [2.75, 3.05) is 5.32 Å². The topological polar surface area (TPSA) is 66.4 Å². The summed E-state index contributed by atoms with van der Waals surface area (Å²) in [5.74, 6) is -1.22. The molecule has 0 unspecified atom stereocenters. The molecular weight excluding hydrogens is 373 g/mol. The summed E-state index contributed by atoms with van der Waals surface area (Å²) in [6.45, 7) is 7.06. The molecule has 1 amide bonds. The van der Waals surface area contributed by atoms with Gasteiger partial charge in [0.15, 0.2) is 0 Å². The number of benzene rings is 2. The summed E-state index contributed by atoms with van der Waals surface area (Å²) < 4.78 is 0. The van der Waals surface area contributed by atoms with Crippen LogP contribution in [0.3, 0.4) is 0 Å². The zero-order valence-corrected chi connectivity index (χ0v) is 16.6. The van der Waals surface area contributed by atoms with E-state index in [1.807, 2.05) is 26.0 Å². The van der Waals surface area contributed by atoms with Crippen LogP contribution in [-0.2, 0) is 11.2 Å². The summed E-state index contributed by atoms with van der Waals surface area (Å²) in [4.78, 5) is 24.4. The number of hydrogen-bond donors (Lipinski definition) is 2. The van der Waals surface area contributed by atoms with Gasteiger partial charge in [0.2, 0.25) is 0 Å². The summed E-state index contributed by atoms with van der Waals surface area (Å²) in [6.07, 6.45) is 0.245. The van der Waals surface area contributed by atoms with Gasteiger partial charge in [0, 0.05) is 11.3 Å². The quantitative estimate of drug-likeness (QED) is 0.702. The molecule has 4 nitrogen and oxygen atoms in total. The van der Waals surface area contributed by atoms with Crippen LogP contribution in [0.4, 0.5) is 5.69 Å². The molecule has 0 bridgehead atoms. The van der Waals surface area contributed by atoms with Gasteiger partial charge in [-0.3, -0.25) is 9.59 Å². The molecule has 26 heavy (non-hydrogen) atoms. The number of carboxylic acids is 1. The van der Waals surface area contributed by atoms with Crippen LogP contribution in [-0.4, -0.2) is 17.0 Å². The van der Waals surface area contributed by atoms with Crippen LogP contribution < -0.4 is 5.32 Å². The molecule has 0 saturated carbocycles. The van der Waals surface area contributed by atoms with Crippen molar-refractivity contribution in [3.63, 3.8) is 0 Å². The van der Waals surface area contributed by atoms with Gasteiger partial charge in [0.1, 0.15) is 0 Å². The molecule has 0 aliphatic heterocycles. The highest BCUT2D eigenvalue weighted by Gasteiger charge is 2.30. The fourth-order valence-electron chi connectivity index (χ4n) is 2.84. The molecule has 138 valence electrons. The van der Waals surface area contributed by atoms with Gasteiger partial charge in [-0.25, -0.2) is 0 Å². The molecule has 0 aromatic heterocycles. The number of carbonyl (C=O) groups is 2. The molecule has 0 spiro atoms. The number of carbonyl (C=O) groups excluding carboxylic acids is 1. The Labute approximate surface area is 163 Å².